The van der Waals surface area contributed by atoms with Gasteiger partial charge in [0.15, 0.2) is 5.16 Å². The number of nitrogens with one attached hydrogen (secondary N) is 1. The fraction of sp³-hybridized carbons (Fsp3) is 0.375. The first-order valence-electron chi connectivity index (χ1n) is 10.9. The molecule has 1 aliphatic rings. The van der Waals surface area contributed by atoms with E-state index in [9.17, 15) is 4.79 Å². The van der Waals surface area contributed by atoms with E-state index in [1.807, 2.05) is 34.9 Å². The molecule has 3 aromatic rings. The molecule has 2 aromatic carbocycles. The second-order valence-electron chi connectivity index (χ2n) is 8.17. The number of hydrogen-bond acceptors (Lipinski definition) is 6. The predicted octanol–water partition coefficient (Wildman–Crippen LogP) is 4.27. The lowest BCUT2D eigenvalue weighted by Crippen LogP contribution is -2.37. The van der Waals surface area contributed by atoms with Crippen molar-refractivity contribution in [2.24, 2.45) is 0 Å². The van der Waals surface area contributed by atoms with Gasteiger partial charge < -0.3 is 15.0 Å². The number of amides is 1. The van der Waals surface area contributed by atoms with Crippen molar-refractivity contribution in [2.45, 2.75) is 31.8 Å². The van der Waals surface area contributed by atoms with E-state index < -0.39 is 0 Å². The van der Waals surface area contributed by atoms with Gasteiger partial charge in [-0.25, -0.2) is 0 Å². The Kier molecular flexibility index (Phi) is 7.12. The van der Waals surface area contributed by atoms with Crippen LogP contribution in [0.3, 0.4) is 0 Å². The third-order valence-electron chi connectivity index (χ3n) is 5.34. The molecule has 0 saturated carbocycles. The fourth-order valence-corrected chi connectivity index (χ4v) is 4.37. The molecule has 0 aliphatic carbocycles. The van der Waals surface area contributed by atoms with Crippen LogP contribution in [0.15, 0.2) is 53.7 Å². The summed E-state index contributed by atoms with van der Waals surface area (Å²) in [6, 6.07) is 16.2. The molecular weight excluding hydrogens is 422 g/mol. The molecular formula is C24H29N5O2S. The van der Waals surface area contributed by atoms with E-state index in [-0.39, 0.29) is 11.7 Å². The van der Waals surface area contributed by atoms with Gasteiger partial charge >= 0.3 is 0 Å². The largest absolute Gasteiger partial charge is 0.378 e. The van der Waals surface area contributed by atoms with Gasteiger partial charge in [0.25, 0.3) is 0 Å². The predicted molar refractivity (Wildman–Crippen MR) is 129 cm³/mol. The number of rotatable bonds is 7. The van der Waals surface area contributed by atoms with Gasteiger partial charge in [0.05, 0.1) is 24.7 Å². The summed E-state index contributed by atoms with van der Waals surface area (Å²) in [4.78, 5) is 14.8. The van der Waals surface area contributed by atoms with Crippen molar-refractivity contribution in [3.05, 3.63) is 59.7 Å². The number of aromatic nitrogens is 3. The highest BCUT2D eigenvalue weighted by molar-refractivity contribution is 7.99. The first kappa shape index (κ1) is 22.4. The average Bonchev–Trinajstić information content (AvgIpc) is 3.22. The summed E-state index contributed by atoms with van der Waals surface area (Å²) >= 11 is 1.39. The Morgan fingerprint density at radius 1 is 1.12 bits per heavy atom. The summed E-state index contributed by atoms with van der Waals surface area (Å²) in [7, 11) is 0. The van der Waals surface area contributed by atoms with Crippen LogP contribution < -0.4 is 10.2 Å². The van der Waals surface area contributed by atoms with Crippen LogP contribution in [0.1, 0.15) is 30.9 Å². The van der Waals surface area contributed by atoms with Gasteiger partial charge in [-0.05, 0) is 48.2 Å². The Morgan fingerprint density at radius 2 is 1.91 bits per heavy atom. The van der Waals surface area contributed by atoms with Gasteiger partial charge in [-0.2, -0.15) is 0 Å². The molecule has 0 atom stereocenters. The zero-order chi connectivity index (χ0) is 22.5. The normalized spacial score (nSPS) is 14.1. The zero-order valence-electron chi connectivity index (χ0n) is 18.7. The van der Waals surface area contributed by atoms with Crippen LogP contribution in [0, 0.1) is 6.92 Å². The molecule has 1 aliphatic heterocycles. The van der Waals surface area contributed by atoms with Crippen molar-refractivity contribution < 1.29 is 9.53 Å². The van der Waals surface area contributed by atoms with Crippen LogP contribution >= 0.6 is 11.8 Å². The monoisotopic (exact) mass is 451 g/mol. The number of ether oxygens (including phenoxy) is 1. The molecule has 0 radical (unpaired) electrons. The highest BCUT2D eigenvalue weighted by Crippen LogP contribution is 2.28. The fourth-order valence-electron chi connectivity index (χ4n) is 3.62. The van der Waals surface area contributed by atoms with Crippen LogP contribution in [0.2, 0.25) is 0 Å². The van der Waals surface area contributed by atoms with E-state index in [0.29, 0.717) is 24.3 Å². The number of benzene rings is 2. The Balaban J connectivity index is 1.52. The van der Waals surface area contributed by atoms with E-state index in [1.54, 1.807) is 0 Å². The maximum Gasteiger partial charge on any atom is 0.234 e. The van der Waals surface area contributed by atoms with Gasteiger partial charge in [0, 0.05) is 18.8 Å². The molecule has 2 heterocycles. The maximum absolute atomic E-state index is 12.7. The summed E-state index contributed by atoms with van der Waals surface area (Å²) in [6.07, 6.45) is 0. The molecule has 4 rings (SSSR count). The topological polar surface area (TPSA) is 72.3 Å². The zero-order valence-corrected chi connectivity index (χ0v) is 19.6. The van der Waals surface area contributed by atoms with Gasteiger partial charge in [-0.1, -0.05) is 49.9 Å². The summed E-state index contributed by atoms with van der Waals surface area (Å²) in [6.45, 7) is 9.21. The Morgan fingerprint density at radius 3 is 2.66 bits per heavy atom. The summed E-state index contributed by atoms with van der Waals surface area (Å²) in [5.74, 6) is 1.38. The third-order valence-corrected chi connectivity index (χ3v) is 6.27. The number of anilines is 2. The van der Waals surface area contributed by atoms with E-state index in [2.05, 4.69) is 59.4 Å². The van der Waals surface area contributed by atoms with Crippen LogP contribution in [0.5, 0.6) is 0 Å². The van der Waals surface area contributed by atoms with Crippen LogP contribution in [-0.2, 0) is 9.53 Å². The number of carbonyl (C=O) groups excluding carboxylic acids is 1. The van der Waals surface area contributed by atoms with Crippen molar-refractivity contribution >= 4 is 29.3 Å². The SMILES string of the molecule is Cc1cccc(-n2c(SCC(=O)Nc3cccc(C(C)C)c3)nnc2N2CCOCC2)c1. The molecule has 7 nitrogen and oxygen atoms in total. The number of thioether (sulfide) groups is 1. The maximum atomic E-state index is 12.7. The quantitative estimate of drug-likeness (QED) is 0.541. The van der Waals surface area contributed by atoms with E-state index in [4.69, 9.17) is 4.74 Å². The van der Waals surface area contributed by atoms with Gasteiger partial charge in [0.1, 0.15) is 0 Å². The summed E-state index contributed by atoms with van der Waals surface area (Å²) in [5, 5.41) is 12.6. The molecule has 1 aromatic heterocycles. The minimum atomic E-state index is -0.0670. The number of morpholine rings is 1. The first-order chi connectivity index (χ1) is 15.5. The van der Waals surface area contributed by atoms with Crippen LogP contribution in [0.4, 0.5) is 11.6 Å². The second kappa shape index (κ2) is 10.2. The lowest BCUT2D eigenvalue weighted by atomic mass is 10.0. The molecule has 1 amide bonds. The molecule has 32 heavy (non-hydrogen) atoms. The van der Waals surface area contributed by atoms with Crippen molar-refractivity contribution in [2.75, 3.05) is 42.3 Å². The molecule has 1 fully saturated rings. The van der Waals surface area contributed by atoms with Gasteiger partial charge in [0.2, 0.25) is 11.9 Å². The molecule has 0 unspecified atom stereocenters. The molecule has 8 heteroatoms. The lowest BCUT2D eigenvalue weighted by Gasteiger charge is -2.28. The van der Waals surface area contributed by atoms with Crippen LogP contribution in [0.25, 0.3) is 5.69 Å². The molecule has 168 valence electrons. The first-order valence-corrected chi connectivity index (χ1v) is 11.9. The van der Waals surface area contributed by atoms with Crippen molar-refractivity contribution in [1.82, 2.24) is 14.8 Å². The summed E-state index contributed by atoms with van der Waals surface area (Å²) < 4.78 is 7.53. The smallest absolute Gasteiger partial charge is 0.234 e. The van der Waals surface area contributed by atoms with Crippen molar-refractivity contribution in [3.63, 3.8) is 0 Å². The number of hydrogen-bond donors (Lipinski definition) is 1. The van der Waals surface area contributed by atoms with E-state index in [0.717, 1.165) is 36.0 Å². The molecule has 0 bridgehead atoms. The number of aryl methyl sites for hydroxylation is 1. The molecule has 1 saturated heterocycles. The van der Waals surface area contributed by atoms with Crippen molar-refractivity contribution in [1.29, 1.82) is 0 Å². The molecule has 0 spiro atoms. The van der Waals surface area contributed by atoms with E-state index in [1.165, 1.54) is 17.3 Å². The number of nitrogens with zero attached hydrogens (tertiary/aromatic N) is 4. The highest BCUT2D eigenvalue weighted by atomic mass is 32.2. The molecule has 1 N–H and O–H groups in total. The minimum absolute atomic E-state index is 0.0670. The standard InChI is InChI=1S/C24H29N5O2S/c1-17(2)19-7-5-8-20(15-19)25-22(30)16-32-24-27-26-23(28-10-12-31-13-11-28)29(24)21-9-4-6-18(3)14-21/h4-9,14-15,17H,10-13,16H2,1-3H3,(H,25,30). The third kappa shape index (κ3) is 5.31. The van der Waals surface area contributed by atoms with Crippen LogP contribution in [-0.4, -0.2) is 52.7 Å². The van der Waals surface area contributed by atoms with E-state index >= 15 is 0 Å². The lowest BCUT2D eigenvalue weighted by molar-refractivity contribution is -0.113. The highest BCUT2D eigenvalue weighted by Gasteiger charge is 2.22. The Labute approximate surface area is 193 Å². The second-order valence-corrected chi connectivity index (χ2v) is 9.12. The van der Waals surface area contributed by atoms with Gasteiger partial charge in [-0.3, -0.25) is 9.36 Å². The van der Waals surface area contributed by atoms with Gasteiger partial charge in [-0.15, -0.1) is 10.2 Å². The summed E-state index contributed by atoms with van der Waals surface area (Å²) in [5.41, 5.74) is 4.16. The minimum Gasteiger partial charge on any atom is -0.378 e. The Bertz CT molecular complexity index is 1080. The van der Waals surface area contributed by atoms with Crippen molar-refractivity contribution in [3.8, 4) is 5.69 Å². The average molecular weight is 452 g/mol. The Hall–Kier alpha value is -2.84. The number of carbonyl (C=O) groups is 1.